The number of carbonyl (C=O) groups excluding carboxylic acids is 1. The molecule has 2 rings (SSSR count). The van der Waals surface area contributed by atoms with Gasteiger partial charge in [-0.2, -0.15) is 0 Å². The molecule has 2 aromatic carbocycles. The van der Waals surface area contributed by atoms with Crippen LogP contribution in [0, 0.1) is 5.82 Å². The second-order valence-electron chi connectivity index (χ2n) is 4.23. The van der Waals surface area contributed by atoms with Gasteiger partial charge in [-0.3, -0.25) is 4.79 Å². The Morgan fingerprint density at radius 2 is 1.76 bits per heavy atom. The zero-order valence-corrected chi connectivity index (χ0v) is 12.9. The van der Waals surface area contributed by atoms with Crippen LogP contribution in [0.2, 0.25) is 0 Å². The molecule has 0 aromatic heterocycles. The summed E-state index contributed by atoms with van der Waals surface area (Å²) in [6, 6.07) is 13.0. The first-order chi connectivity index (χ1) is 10.1. The van der Waals surface area contributed by atoms with Crippen molar-refractivity contribution < 1.29 is 13.9 Å². The molecule has 0 aliphatic rings. The molecule has 0 heterocycles. The lowest BCUT2D eigenvalue weighted by molar-refractivity contribution is -0.115. The van der Waals surface area contributed by atoms with Crippen molar-refractivity contribution >= 4 is 33.6 Å². The zero-order chi connectivity index (χ0) is 15.2. The highest BCUT2D eigenvalue weighted by molar-refractivity contribution is 9.10. The smallest absolute Gasteiger partial charge is 0.290 e. The molecule has 1 N–H and O–H groups in total. The Hall–Kier alpha value is -2.14. The van der Waals surface area contributed by atoms with Crippen molar-refractivity contribution in [3.8, 4) is 0 Å². The SMILES string of the molecule is CO/C(=C\c1ccc(F)cc1)C(=O)Nc1ccc(Br)cc1. The van der Waals surface area contributed by atoms with Crippen molar-refractivity contribution in [2.45, 2.75) is 0 Å². The molecule has 0 spiro atoms. The number of benzene rings is 2. The van der Waals surface area contributed by atoms with E-state index in [-0.39, 0.29) is 17.5 Å². The summed E-state index contributed by atoms with van der Waals surface area (Å²) in [5.74, 6) is -0.556. The van der Waals surface area contributed by atoms with E-state index < -0.39 is 0 Å². The van der Waals surface area contributed by atoms with E-state index in [4.69, 9.17) is 4.74 Å². The van der Waals surface area contributed by atoms with Gasteiger partial charge in [-0.1, -0.05) is 28.1 Å². The standard InChI is InChI=1S/C16H13BrFNO2/c1-21-15(10-11-2-6-13(18)7-3-11)16(20)19-14-8-4-12(17)5-9-14/h2-10H,1H3,(H,19,20)/b15-10-. The van der Waals surface area contributed by atoms with Gasteiger partial charge in [-0.15, -0.1) is 0 Å². The number of halogens is 2. The molecule has 0 radical (unpaired) electrons. The number of rotatable bonds is 4. The molecule has 3 nitrogen and oxygen atoms in total. The number of hydrogen-bond donors (Lipinski definition) is 1. The summed E-state index contributed by atoms with van der Waals surface area (Å²) in [6.45, 7) is 0. The Balaban J connectivity index is 2.14. The summed E-state index contributed by atoms with van der Waals surface area (Å²) < 4.78 is 18.9. The fourth-order valence-corrected chi connectivity index (χ4v) is 1.92. The van der Waals surface area contributed by atoms with Gasteiger partial charge in [0.15, 0.2) is 5.76 Å². The highest BCUT2D eigenvalue weighted by Crippen LogP contribution is 2.16. The van der Waals surface area contributed by atoms with E-state index in [0.717, 1.165) is 4.47 Å². The molecule has 5 heteroatoms. The summed E-state index contributed by atoms with van der Waals surface area (Å²) >= 11 is 3.32. The van der Waals surface area contributed by atoms with Gasteiger partial charge in [-0.25, -0.2) is 4.39 Å². The number of ether oxygens (including phenoxy) is 1. The van der Waals surface area contributed by atoms with Crippen LogP contribution in [0.4, 0.5) is 10.1 Å². The lowest BCUT2D eigenvalue weighted by atomic mass is 10.2. The Morgan fingerprint density at radius 3 is 2.33 bits per heavy atom. The fourth-order valence-electron chi connectivity index (χ4n) is 1.65. The second kappa shape index (κ2) is 7.04. The minimum Gasteiger partial charge on any atom is -0.491 e. The molecule has 2 aromatic rings. The molecule has 0 aliphatic carbocycles. The minimum atomic E-state index is -0.371. The number of anilines is 1. The Labute approximate surface area is 130 Å². The van der Waals surface area contributed by atoms with Gasteiger partial charge in [0.1, 0.15) is 5.82 Å². The van der Waals surface area contributed by atoms with E-state index >= 15 is 0 Å². The molecule has 0 fully saturated rings. The summed E-state index contributed by atoms with van der Waals surface area (Å²) in [5, 5.41) is 2.72. The first-order valence-corrected chi connectivity index (χ1v) is 6.96. The van der Waals surface area contributed by atoms with Gasteiger partial charge < -0.3 is 10.1 Å². The van der Waals surface area contributed by atoms with Crippen molar-refractivity contribution in [1.82, 2.24) is 0 Å². The minimum absolute atomic E-state index is 0.143. The topological polar surface area (TPSA) is 38.3 Å². The van der Waals surface area contributed by atoms with E-state index in [1.807, 2.05) is 12.1 Å². The van der Waals surface area contributed by atoms with Crippen LogP contribution in [0.25, 0.3) is 6.08 Å². The third-order valence-electron chi connectivity index (χ3n) is 2.71. The van der Waals surface area contributed by atoms with E-state index in [1.54, 1.807) is 30.3 Å². The van der Waals surface area contributed by atoms with Crippen LogP contribution in [0.5, 0.6) is 0 Å². The molecule has 0 unspecified atom stereocenters. The molecule has 0 saturated heterocycles. The van der Waals surface area contributed by atoms with Crippen LogP contribution in [0.15, 0.2) is 58.8 Å². The van der Waals surface area contributed by atoms with E-state index in [9.17, 15) is 9.18 Å². The highest BCUT2D eigenvalue weighted by atomic mass is 79.9. The van der Waals surface area contributed by atoms with Crippen LogP contribution in [0.3, 0.4) is 0 Å². The number of methoxy groups -OCH3 is 1. The van der Waals surface area contributed by atoms with Crippen molar-refractivity contribution in [1.29, 1.82) is 0 Å². The summed E-state index contributed by atoms with van der Waals surface area (Å²) in [6.07, 6.45) is 1.55. The summed E-state index contributed by atoms with van der Waals surface area (Å²) in [7, 11) is 1.41. The summed E-state index contributed by atoms with van der Waals surface area (Å²) in [5.41, 5.74) is 1.34. The van der Waals surface area contributed by atoms with Gasteiger partial charge in [0.25, 0.3) is 5.91 Å². The fraction of sp³-hybridized carbons (Fsp3) is 0.0625. The Morgan fingerprint density at radius 1 is 1.14 bits per heavy atom. The van der Waals surface area contributed by atoms with Gasteiger partial charge in [0.05, 0.1) is 7.11 Å². The molecule has 0 aliphatic heterocycles. The molecule has 108 valence electrons. The van der Waals surface area contributed by atoms with Crippen LogP contribution in [-0.4, -0.2) is 13.0 Å². The maximum absolute atomic E-state index is 12.8. The quantitative estimate of drug-likeness (QED) is 0.663. The molecule has 21 heavy (non-hydrogen) atoms. The number of hydrogen-bond acceptors (Lipinski definition) is 2. The van der Waals surface area contributed by atoms with E-state index in [0.29, 0.717) is 11.3 Å². The van der Waals surface area contributed by atoms with Crippen LogP contribution in [0.1, 0.15) is 5.56 Å². The molecular formula is C16H13BrFNO2. The van der Waals surface area contributed by atoms with E-state index in [1.165, 1.54) is 19.2 Å². The van der Waals surface area contributed by atoms with Gasteiger partial charge >= 0.3 is 0 Å². The van der Waals surface area contributed by atoms with Crippen molar-refractivity contribution in [3.05, 3.63) is 70.1 Å². The average Bonchev–Trinajstić information content (AvgIpc) is 2.49. The first-order valence-electron chi connectivity index (χ1n) is 6.16. The maximum atomic E-state index is 12.8. The number of amides is 1. The second-order valence-corrected chi connectivity index (χ2v) is 5.14. The van der Waals surface area contributed by atoms with Crippen LogP contribution in [-0.2, 0) is 9.53 Å². The van der Waals surface area contributed by atoms with Gasteiger partial charge in [-0.05, 0) is 48.0 Å². The van der Waals surface area contributed by atoms with E-state index in [2.05, 4.69) is 21.2 Å². The third-order valence-corrected chi connectivity index (χ3v) is 3.24. The predicted molar refractivity (Wildman–Crippen MR) is 84.2 cm³/mol. The van der Waals surface area contributed by atoms with Crippen LogP contribution >= 0.6 is 15.9 Å². The monoisotopic (exact) mass is 349 g/mol. The van der Waals surface area contributed by atoms with Crippen LogP contribution < -0.4 is 5.32 Å². The Kier molecular flexibility index (Phi) is 5.11. The lowest BCUT2D eigenvalue weighted by Crippen LogP contribution is -2.15. The number of carbonyl (C=O) groups is 1. The Bertz CT molecular complexity index is 651. The predicted octanol–water partition coefficient (Wildman–Crippen LogP) is 4.21. The maximum Gasteiger partial charge on any atom is 0.290 e. The zero-order valence-electron chi connectivity index (χ0n) is 11.3. The van der Waals surface area contributed by atoms with Crippen molar-refractivity contribution in [3.63, 3.8) is 0 Å². The molecule has 0 saturated carbocycles. The molecule has 0 bridgehead atoms. The molecule has 0 atom stereocenters. The summed E-state index contributed by atoms with van der Waals surface area (Å²) in [4.78, 5) is 12.1. The first kappa shape index (κ1) is 15.3. The highest BCUT2D eigenvalue weighted by Gasteiger charge is 2.10. The molecule has 1 amide bonds. The largest absolute Gasteiger partial charge is 0.491 e. The van der Waals surface area contributed by atoms with Crippen molar-refractivity contribution in [2.75, 3.05) is 12.4 Å². The average molecular weight is 350 g/mol. The third kappa shape index (κ3) is 4.43. The normalized spacial score (nSPS) is 11.1. The van der Waals surface area contributed by atoms with Gasteiger partial charge in [0.2, 0.25) is 0 Å². The van der Waals surface area contributed by atoms with Gasteiger partial charge in [0, 0.05) is 10.2 Å². The lowest BCUT2D eigenvalue weighted by Gasteiger charge is -2.08. The van der Waals surface area contributed by atoms with Crippen molar-refractivity contribution in [2.24, 2.45) is 0 Å². The number of nitrogens with one attached hydrogen (secondary N) is 1. The molecular weight excluding hydrogens is 337 g/mol.